The molecule has 1 saturated heterocycles. The maximum atomic E-state index is 10.1. The zero-order valence-corrected chi connectivity index (χ0v) is 18.4. The maximum Gasteiger partial charge on any atom is 0.174 e. The normalized spacial score (nSPS) is 38.2. The fourth-order valence-electron chi connectivity index (χ4n) is 7.99. The summed E-state index contributed by atoms with van der Waals surface area (Å²) in [6.07, 6.45) is 14.9. The van der Waals surface area contributed by atoms with E-state index in [9.17, 15) is 5.11 Å². The van der Waals surface area contributed by atoms with Gasteiger partial charge in [-0.1, -0.05) is 24.6 Å². The minimum Gasteiger partial charge on any atom is -0.508 e. The molecule has 3 saturated carbocycles. The van der Waals surface area contributed by atoms with E-state index in [4.69, 9.17) is 9.47 Å². The van der Waals surface area contributed by atoms with E-state index in [1.807, 2.05) is 12.1 Å². The molecule has 1 N–H and O–H groups in total. The van der Waals surface area contributed by atoms with E-state index in [0.29, 0.717) is 23.5 Å². The highest BCUT2D eigenvalue weighted by molar-refractivity contribution is 5.41. The first kappa shape index (κ1) is 19.4. The Labute approximate surface area is 180 Å². The van der Waals surface area contributed by atoms with Crippen molar-refractivity contribution in [3.63, 3.8) is 0 Å². The van der Waals surface area contributed by atoms with E-state index in [1.165, 1.54) is 62.5 Å². The fourth-order valence-corrected chi connectivity index (χ4v) is 7.99. The van der Waals surface area contributed by atoms with Gasteiger partial charge in [-0.2, -0.15) is 0 Å². The summed E-state index contributed by atoms with van der Waals surface area (Å²) in [7, 11) is 0. The molecule has 1 aliphatic heterocycles. The summed E-state index contributed by atoms with van der Waals surface area (Å²) in [5.74, 6) is 2.82. The van der Waals surface area contributed by atoms with Crippen LogP contribution in [0.15, 0.2) is 29.8 Å². The van der Waals surface area contributed by atoms with Crippen molar-refractivity contribution in [2.45, 2.75) is 82.8 Å². The van der Waals surface area contributed by atoms with Crippen LogP contribution in [0.1, 0.15) is 81.8 Å². The van der Waals surface area contributed by atoms with Crippen LogP contribution in [0.2, 0.25) is 0 Å². The van der Waals surface area contributed by atoms with Crippen molar-refractivity contribution in [1.82, 2.24) is 0 Å². The second-order valence-electron chi connectivity index (χ2n) is 10.9. The molecule has 1 aromatic rings. The molecule has 5 atom stereocenters. The molecule has 1 aromatic carbocycles. The molecule has 0 amide bonds. The number of rotatable bonds is 4. The van der Waals surface area contributed by atoms with Crippen LogP contribution >= 0.6 is 0 Å². The van der Waals surface area contributed by atoms with E-state index < -0.39 is 0 Å². The fraction of sp³-hybridized carbons (Fsp3) is 0.704. The van der Waals surface area contributed by atoms with Crippen LogP contribution in [0.3, 0.4) is 0 Å². The van der Waals surface area contributed by atoms with Gasteiger partial charge in [-0.3, -0.25) is 0 Å². The highest BCUT2D eigenvalue weighted by Gasteiger charge is 2.66. The van der Waals surface area contributed by atoms with Gasteiger partial charge >= 0.3 is 0 Å². The lowest BCUT2D eigenvalue weighted by atomic mass is 9.50. The van der Waals surface area contributed by atoms with E-state index in [2.05, 4.69) is 19.1 Å². The molecular weight excluding hydrogens is 372 g/mol. The van der Waals surface area contributed by atoms with Crippen molar-refractivity contribution in [3.8, 4) is 5.75 Å². The number of hydrogen-bond donors (Lipinski definition) is 1. The summed E-state index contributed by atoms with van der Waals surface area (Å²) in [4.78, 5) is 0. The van der Waals surface area contributed by atoms with E-state index in [1.54, 1.807) is 5.57 Å². The van der Waals surface area contributed by atoms with Crippen LogP contribution in [-0.4, -0.2) is 24.1 Å². The van der Waals surface area contributed by atoms with Gasteiger partial charge in [0.2, 0.25) is 0 Å². The summed E-state index contributed by atoms with van der Waals surface area (Å²) < 4.78 is 12.8. The number of phenolic OH excluding ortho intramolecular Hbond substituents is 1. The minimum atomic E-state index is -0.327. The molecule has 4 fully saturated rings. The molecule has 5 aliphatic rings. The number of ether oxygens (including phenoxy) is 2. The molecule has 1 spiro atoms. The predicted octanol–water partition coefficient (Wildman–Crippen LogP) is 6.11. The smallest absolute Gasteiger partial charge is 0.174 e. The van der Waals surface area contributed by atoms with Crippen LogP contribution in [0.5, 0.6) is 5.75 Å². The molecule has 0 aromatic heterocycles. The van der Waals surface area contributed by atoms with Crippen LogP contribution in [0, 0.1) is 23.2 Å². The number of phenols is 1. The Morgan fingerprint density at radius 2 is 1.97 bits per heavy atom. The SMILES string of the molecule is C[C@]12C[C@H](CCCC=C3CC3)C3c4ccc(O)cc4CCC3C1CCC21OCCO1. The summed E-state index contributed by atoms with van der Waals surface area (Å²) >= 11 is 0. The molecule has 4 aliphatic carbocycles. The first-order valence-electron chi connectivity index (χ1n) is 12.4. The monoisotopic (exact) mass is 408 g/mol. The summed E-state index contributed by atoms with van der Waals surface area (Å²) in [6, 6.07) is 6.20. The van der Waals surface area contributed by atoms with Gasteiger partial charge in [-0.15, -0.1) is 0 Å². The Hall–Kier alpha value is -1.32. The number of aryl methyl sites for hydroxylation is 1. The second-order valence-corrected chi connectivity index (χ2v) is 10.9. The highest BCUT2D eigenvalue weighted by Crippen LogP contribution is 2.68. The summed E-state index contributed by atoms with van der Waals surface area (Å²) in [6.45, 7) is 4.02. The standard InChI is InChI=1S/C27H36O3/c1-26-17-20(5-3-2-4-18-6-7-18)25-22-11-9-21(28)16-19(22)8-10-23(25)24(26)12-13-27(26)29-14-15-30-27/h4,9,11,16,20,23-25,28H,2-3,5-8,10,12-15,17H2,1H3/t20-,23?,24?,25?,26-/m0/s1. The first-order valence-corrected chi connectivity index (χ1v) is 12.4. The van der Waals surface area contributed by atoms with Gasteiger partial charge in [0.15, 0.2) is 5.79 Å². The van der Waals surface area contributed by atoms with Gasteiger partial charge in [-0.05, 0) is 105 Å². The van der Waals surface area contributed by atoms with Crippen LogP contribution < -0.4 is 0 Å². The lowest BCUT2D eigenvalue weighted by molar-refractivity contribution is -0.242. The van der Waals surface area contributed by atoms with Crippen molar-refractivity contribution >= 4 is 0 Å². The van der Waals surface area contributed by atoms with Crippen LogP contribution in [0.4, 0.5) is 0 Å². The second kappa shape index (κ2) is 7.10. The Morgan fingerprint density at radius 1 is 1.13 bits per heavy atom. The number of fused-ring (bicyclic) bond motifs is 6. The van der Waals surface area contributed by atoms with Crippen molar-refractivity contribution in [2.75, 3.05) is 13.2 Å². The molecule has 0 radical (unpaired) electrons. The number of allylic oxidation sites excluding steroid dienone is 2. The lowest BCUT2D eigenvalue weighted by Crippen LogP contribution is -2.54. The number of hydrogen-bond acceptors (Lipinski definition) is 3. The highest BCUT2D eigenvalue weighted by atomic mass is 16.7. The Morgan fingerprint density at radius 3 is 2.77 bits per heavy atom. The van der Waals surface area contributed by atoms with Crippen molar-refractivity contribution in [2.24, 2.45) is 23.2 Å². The third-order valence-electron chi connectivity index (χ3n) is 9.38. The molecular formula is C27H36O3. The van der Waals surface area contributed by atoms with Crippen molar-refractivity contribution in [3.05, 3.63) is 41.0 Å². The molecule has 0 bridgehead atoms. The number of benzene rings is 1. The molecule has 30 heavy (non-hydrogen) atoms. The average molecular weight is 409 g/mol. The molecule has 3 nitrogen and oxygen atoms in total. The quantitative estimate of drug-likeness (QED) is 0.483. The zero-order valence-electron chi connectivity index (χ0n) is 18.4. The van der Waals surface area contributed by atoms with Crippen LogP contribution in [-0.2, 0) is 15.9 Å². The van der Waals surface area contributed by atoms with E-state index in [-0.39, 0.29) is 11.2 Å². The first-order chi connectivity index (χ1) is 14.6. The summed E-state index contributed by atoms with van der Waals surface area (Å²) in [5.41, 5.74) is 4.74. The van der Waals surface area contributed by atoms with Gasteiger partial charge in [0.05, 0.1) is 13.2 Å². The van der Waals surface area contributed by atoms with E-state index >= 15 is 0 Å². The van der Waals surface area contributed by atoms with Gasteiger partial charge in [-0.25, -0.2) is 0 Å². The van der Waals surface area contributed by atoms with Gasteiger partial charge in [0, 0.05) is 11.8 Å². The lowest BCUT2D eigenvalue weighted by Gasteiger charge is -2.56. The maximum absolute atomic E-state index is 10.1. The minimum absolute atomic E-state index is 0.138. The van der Waals surface area contributed by atoms with Gasteiger partial charge < -0.3 is 14.6 Å². The zero-order chi connectivity index (χ0) is 20.3. The topological polar surface area (TPSA) is 38.7 Å². The number of aromatic hydroxyl groups is 1. The third-order valence-corrected chi connectivity index (χ3v) is 9.38. The van der Waals surface area contributed by atoms with Gasteiger partial charge in [0.25, 0.3) is 0 Å². The van der Waals surface area contributed by atoms with Crippen molar-refractivity contribution < 1.29 is 14.6 Å². The Balaban J connectivity index is 1.34. The van der Waals surface area contributed by atoms with Crippen molar-refractivity contribution in [1.29, 1.82) is 0 Å². The molecule has 3 unspecified atom stereocenters. The molecule has 162 valence electrons. The predicted molar refractivity (Wildman–Crippen MR) is 117 cm³/mol. The van der Waals surface area contributed by atoms with E-state index in [0.717, 1.165) is 32.0 Å². The average Bonchev–Trinajstić information content (AvgIpc) is 3.36. The Kier molecular flexibility index (Phi) is 4.58. The molecule has 1 heterocycles. The van der Waals surface area contributed by atoms with Gasteiger partial charge in [0.1, 0.15) is 5.75 Å². The third kappa shape index (κ3) is 2.92. The Bertz CT molecular complexity index is 846. The van der Waals surface area contributed by atoms with Crippen LogP contribution in [0.25, 0.3) is 0 Å². The molecule has 3 heteroatoms. The largest absolute Gasteiger partial charge is 0.508 e. The molecule has 6 rings (SSSR count). The summed E-state index contributed by atoms with van der Waals surface area (Å²) in [5, 5.41) is 10.1. The number of unbranched alkanes of at least 4 members (excludes halogenated alkanes) is 1.